The summed E-state index contributed by atoms with van der Waals surface area (Å²) in [6.07, 6.45) is -0.00160. The Morgan fingerprint density at radius 2 is 2.38 bits per heavy atom. The first kappa shape index (κ1) is 9.86. The minimum absolute atomic E-state index is 0.00160. The Bertz CT molecular complexity index is 326. The van der Waals surface area contributed by atoms with Gasteiger partial charge in [0.1, 0.15) is 15.6 Å². The zero-order valence-electron chi connectivity index (χ0n) is 6.97. The maximum atomic E-state index is 5.70. The van der Waals surface area contributed by atoms with E-state index < -0.39 is 0 Å². The summed E-state index contributed by atoms with van der Waals surface area (Å²) >= 11 is 9.66. The maximum absolute atomic E-state index is 5.70. The smallest absolute Gasteiger partial charge is 0.185 e. The van der Waals surface area contributed by atoms with Crippen LogP contribution in [0.3, 0.4) is 0 Å². The van der Waals surface area contributed by atoms with Crippen LogP contribution in [-0.2, 0) is 0 Å². The molecule has 2 nitrogen and oxygen atoms in total. The second-order valence-corrected chi connectivity index (χ2v) is 6.14. The number of aryl methyl sites for hydroxylation is 1. The van der Waals surface area contributed by atoms with Gasteiger partial charge < -0.3 is 9.47 Å². The fraction of sp³-hybridized carbons (Fsp3) is 0.500. The van der Waals surface area contributed by atoms with Gasteiger partial charge in [0.15, 0.2) is 11.5 Å². The van der Waals surface area contributed by atoms with E-state index in [4.69, 9.17) is 21.1 Å². The highest BCUT2D eigenvalue weighted by Crippen LogP contribution is 2.44. The first-order valence-electron chi connectivity index (χ1n) is 3.86. The predicted octanol–water partition coefficient (Wildman–Crippen LogP) is 3.04. The Labute approximate surface area is 99.3 Å². The van der Waals surface area contributed by atoms with Crippen molar-refractivity contribution in [3.8, 4) is 11.5 Å². The third kappa shape index (κ3) is 1.76. The van der Waals surface area contributed by atoms with Crippen molar-refractivity contribution in [2.75, 3.05) is 12.5 Å². The van der Waals surface area contributed by atoms with Crippen molar-refractivity contribution >= 4 is 45.5 Å². The van der Waals surface area contributed by atoms with Gasteiger partial charge in [-0.2, -0.15) is 0 Å². The molecular weight excluding hydrogens is 323 g/mol. The van der Waals surface area contributed by atoms with E-state index in [1.165, 1.54) is 0 Å². The first-order valence-corrected chi connectivity index (χ1v) is 6.29. The normalized spacial score (nSPS) is 20.4. The molecule has 0 aliphatic carbocycles. The Kier molecular flexibility index (Phi) is 2.90. The van der Waals surface area contributed by atoms with Crippen LogP contribution in [0.2, 0.25) is 0 Å². The van der Waals surface area contributed by atoms with E-state index in [0.29, 0.717) is 12.5 Å². The molecule has 0 fully saturated rings. The molecule has 0 saturated heterocycles. The summed E-state index contributed by atoms with van der Waals surface area (Å²) in [6.45, 7) is 2.59. The molecule has 1 aliphatic rings. The van der Waals surface area contributed by atoms with Gasteiger partial charge >= 0.3 is 0 Å². The number of ether oxygens (including phenoxy) is 2. The van der Waals surface area contributed by atoms with Crippen LogP contribution in [0.25, 0.3) is 0 Å². The van der Waals surface area contributed by atoms with Crippen molar-refractivity contribution in [2.24, 2.45) is 0 Å². The van der Waals surface area contributed by atoms with Crippen molar-refractivity contribution in [3.63, 3.8) is 0 Å². The molecule has 2 heterocycles. The van der Waals surface area contributed by atoms with E-state index in [2.05, 4.69) is 22.6 Å². The Morgan fingerprint density at radius 3 is 3.08 bits per heavy atom. The molecule has 72 valence electrons. The molecule has 1 aliphatic heterocycles. The molecule has 5 heteroatoms. The molecule has 1 aromatic heterocycles. The Morgan fingerprint density at radius 1 is 1.62 bits per heavy atom. The van der Waals surface area contributed by atoms with Crippen molar-refractivity contribution in [2.45, 2.75) is 13.0 Å². The Balaban J connectivity index is 2.33. The number of halogens is 2. The molecular formula is C8H8ClIO2S. The quantitative estimate of drug-likeness (QED) is 0.582. The number of thiophene rings is 1. The van der Waals surface area contributed by atoms with Crippen LogP contribution < -0.4 is 9.47 Å². The first-order chi connectivity index (χ1) is 6.22. The topological polar surface area (TPSA) is 18.5 Å². The highest BCUT2D eigenvalue weighted by Gasteiger charge is 2.26. The van der Waals surface area contributed by atoms with Gasteiger partial charge in [-0.1, -0.05) is 0 Å². The molecule has 1 unspecified atom stereocenters. The van der Waals surface area contributed by atoms with Crippen LogP contribution in [0.4, 0.5) is 0 Å². The zero-order valence-corrected chi connectivity index (χ0v) is 10.7. The summed E-state index contributed by atoms with van der Waals surface area (Å²) in [5.74, 6) is 2.25. The molecule has 13 heavy (non-hydrogen) atoms. The summed E-state index contributed by atoms with van der Waals surface area (Å²) < 4.78 is 12.4. The zero-order chi connectivity index (χ0) is 9.42. The number of fused-ring (bicyclic) bond motifs is 1. The highest BCUT2D eigenvalue weighted by molar-refractivity contribution is 14.1. The van der Waals surface area contributed by atoms with Gasteiger partial charge in [0.2, 0.25) is 0 Å². The lowest BCUT2D eigenvalue weighted by molar-refractivity contribution is 0.106. The molecule has 1 atom stereocenters. The van der Waals surface area contributed by atoms with E-state index in [-0.39, 0.29) is 6.10 Å². The number of rotatable bonds is 1. The van der Waals surface area contributed by atoms with Gasteiger partial charge in [-0.15, -0.1) is 22.9 Å². The standard InChI is InChI=1S/C8H8ClIO2S/c1-4-6-7(8(10)13-4)11-3-5(2-9)12-6/h5H,2-3H2,1H3. The Hall–Kier alpha value is 0.320. The van der Waals surface area contributed by atoms with E-state index in [1.54, 1.807) is 11.3 Å². The lowest BCUT2D eigenvalue weighted by atomic mass is 10.3. The van der Waals surface area contributed by atoms with Crippen LogP contribution in [0.1, 0.15) is 4.88 Å². The molecule has 0 N–H and O–H groups in total. The fourth-order valence-electron chi connectivity index (χ4n) is 1.19. The fourth-order valence-corrected chi connectivity index (χ4v) is 3.48. The minimum Gasteiger partial charge on any atom is -0.484 e. The molecule has 2 rings (SSSR count). The number of alkyl halides is 1. The highest BCUT2D eigenvalue weighted by atomic mass is 127. The van der Waals surface area contributed by atoms with Gasteiger partial charge in [-0.25, -0.2) is 0 Å². The van der Waals surface area contributed by atoms with Crippen molar-refractivity contribution in [1.29, 1.82) is 0 Å². The third-order valence-electron chi connectivity index (χ3n) is 1.82. The van der Waals surface area contributed by atoms with Gasteiger partial charge in [-0.05, 0) is 29.5 Å². The van der Waals surface area contributed by atoms with Gasteiger partial charge in [-0.3, -0.25) is 0 Å². The van der Waals surface area contributed by atoms with E-state index in [0.717, 1.165) is 19.3 Å². The molecule has 0 saturated carbocycles. The molecule has 0 spiro atoms. The van der Waals surface area contributed by atoms with Crippen LogP contribution in [0, 0.1) is 9.81 Å². The largest absolute Gasteiger partial charge is 0.484 e. The van der Waals surface area contributed by atoms with E-state index in [9.17, 15) is 0 Å². The lowest BCUT2D eigenvalue weighted by Gasteiger charge is -2.23. The summed E-state index contributed by atoms with van der Waals surface area (Å²) in [5, 5.41) is 0. The van der Waals surface area contributed by atoms with Crippen LogP contribution in [0.5, 0.6) is 11.5 Å². The molecule has 0 bridgehead atoms. The summed E-state index contributed by atoms with van der Waals surface area (Å²) in [4.78, 5) is 1.16. The monoisotopic (exact) mass is 330 g/mol. The number of hydrogen-bond donors (Lipinski definition) is 0. The van der Waals surface area contributed by atoms with E-state index >= 15 is 0 Å². The average molecular weight is 331 g/mol. The molecule has 0 amide bonds. The SMILES string of the molecule is Cc1sc(I)c2c1OC(CCl)CO2. The molecule has 1 aromatic rings. The van der Waals surface area contributed by atoms with Crippen LogP contribution in [-0.4, -0.2) is 18.6 Å². The van der Waals surface area contributed by atoms with Crippen molar-refractivity contribution in [3.05, 3.63) is 7.76 Å². The summed E-state index contributed by atoms with van der Waals surface area (Å²) in [7, 11) is 0. The van der Waals surface area contributed by atoms with E-state index in [1.807, 2.05) is 6.92 Å². The summed E-state index contributed by atoms with van der Waals surface area (Å²) in [6, 6.07) is 0. The minimum atomic E-state index is -0.00160. The van der Waals surface area contributed by atoms with Crippen LogP contribution >= 0.6 is 45.5 Å². The predicted molar refractivity (Wildman–Crippen MR) is 62.4 cm³/mol. The molecule has 0 radical (unpaired) electrons. The second kappa shape index (κ2) is 3.82. The lowest BCUT2D eigenvalue weighted by Crippen LogP contribution is -2.30. The van der Waals surface area contributed by atoms with Crippen LogP contribution in [0.15, 0.2) is 0 Å². The van der Waals surface area contributed by atoms with Gasteiger partial charge in [0, 0.05) is 4.88 Å². The third-order valence-corrected chi connectivity index (χ3v) is 4.17. The maximum Gasteiger partial charge on any atom is 0.185 e. The average Bonchev–Trinajstić information content (AvgIpc) is 2.42. The van der Waals surface area contributed by atoms with Crippen molar-refractivity contribution in [1.82, 2.24) is 0 Å². The second-order valence-electron chi connectivity index (χ2n) is 2.80. The van der Waals surface area contributed by atoms with Crippen molar-refractivity contribution < 1.29 is 9.47 Å². The summed E-state index contributed by atoms with van der Waals surface area (Å²) in [5.41, 5.74) is 0. The van der Waals surface area contributed by atoms with Gasteiger partial charge in [0.05, 0.1) is 5.88 Å². The number of hydrogen-bond acceptors (Lipinski definition) is 3. The molecule has 0 aromatic carbocycles. The van der Waals surface area contributed by atoms with Gasteiger partial charge in [0.25, 0.3) is 0 Å².